The van der Waals surface area contributed by atoms with Crippen molar-refractivity contribution in [3.05, 3.63) is 47.8 Å². The molecule has 1 amide bonds. The number of halogens is 1. The maximum Gasteiger partial charge on any atom is 0.255 e. The minimum absolute atomic E-state index is 0.0218. The topological polar surface area (TPSA) is 63.5 Å². The molecule has 0 aliphatic rings. The number of hydrogen-bond donors (Lipinski definition) is 2. The molecule has 0 radical (unpaired) electrons. The van der Waals surface area contributed by atoms with Gasteiger partial charge in [-0.2, -0.15) is 0 Å². The molecule has 0 aliphatic heterocycles. The fraction of sp³-hybridized carbons (Fsp3) is 0.250. The van der Waals surface area contributed by atoms with E-state index in [1.165, 1.54) is 12.1 Å². The minimum atomic E-state index is -0.351. The van der Waals surface area contributed by atoms with Crippen molar-refractivity contribution in [3.63, 3.8) is 0 Å². The lowest BCUT2D eigenvalue weighted by atomic mass is 10.0. The first kappa shape index (κ1) is 17.8. The molecule has 1 aromatic heterocycles. The van der Waals surface area contributed by atoms with Gasteiger partial charge in [0.15, 0.2) is 0 Å². The van der Waals surface area contributed by atoms with E-state index in [4.69, 9.17) is 9.15 Å². The Morgan fingerprint density at radius 2 is 1.85 bits per heavy atom. The Hall–Kier alpha value is -3.02. The van der Waals surface area contributed by atoms with Gasteiger partial charge in [0.2, 0.25) is 0 Å². The second-order valence-electron chi connectivity index (χ2n) is 6.15. The Morgan fingerprint density at radius 1 is 1.15 bits per heavy atom. The normalized spacial score (nSPS) is 11.0. The Bertz CT molecular complexity index is 946. The highest BCUT2D eigenvalue weighted by Gasteiger charge is 2.23. The van der Waals surface area contributed by atoms with Crippen LogP contribution in [0.4, 0.5) is 10.1 Å². The van der Waals surface area contributed by atoms with Crippen molar-refractivity contribution in [2.45, 2.75) is 20.0 Å². The van der Waals surface area contributed by atoms with Gasteiger partial charge >= 0.3 is 0 Å². The number of carbonyl (C=O) groups excluding carboxylic acids is 1. The fourth-order valence-electron chi connectivity index (χ4n) is 2.82. The van der Waals surface area contributed by atoms with Crippen LogP contribution in [-0.2, 0) is 0 Å². The van der Waals surface area contributed by atoms with Gasteiger partial charge in [0.25, 0.3) is 5.91 Å². The highest BCUT2D eigenvalue weighted by molar-refractivity contribution is 6.12. The zero-order valence-corrected chi connectivity index (χ0v) is 15.1. The fourth-order valence-corrected chi connectivity index (χ4v) is 2.82. The third kappa shape index (κ3) is 3.22. The van der Waals surface area contributed by atoms with E-state index in [2.05, 4.69) is 10.6 Å². The molecule has 6 heteroatoms. The van der Waals surface area contributed by atoms with Crippen LogP contribution in [0.25, 0.3) is 22.3 Å². The Balaban J connectivity index is 2.28. The molecule has 0 fully saturated rings. The first-order valence-electron chi connectivity index (χ1n) is 8.37. The molecule has 2 N–H and O–H groups in total. The molecule has 2 aromatic carbocycles. The third-order valence-electron chi connectivity index (χ3n) is 3.98. The predicted molar refractivity (Wildman–Crippen MR) is 100 cm³/mol. The Kier molecular flexibility index (Phi) is 4.84. The van der Waals surface area contributed by atoms with Crippen molar-refractivity contribution >= 4 is 22.6 Å². The summed E-state index contributed by atoms with van der Waals surface area (Å²) in [5, 5.41) is 6.35. The van der Waals surface area contributed by atoms with E-state index < -0.39 is 0 Å². The van der Waals surface area contributed by atoms with Crippen LogP contribution in [0.3, 0.4) is 0 Å². The summed E-state index contributed by atoms with van der Waals surface area (Å²) >= 11 is 0. The minimum Gasteiger partial charge on any atom is -0.489 e. The van der Waals surface area contributed by atoms with Crippen molar-refractivity contribution in [3.8, 4) is 17.1 Å². The molecule has 0 unspecified atom stereocenters. The number of ether oxygens (including phenoxy) is 1. The molecular weight excluding hydrogens is 335 g/mol. The van der Waals surface area contributed by atoms with Crippen LogP contribution in [0.1, 0.15) is 24.2 Å². The first-order valence-corrected chi connectivity index (χ1v) is 8.37. The number of rotatable bonds is 5. The van der Waals surface area contributed by atoms with Crippen LogP contribution in [0.2, 0.25) is 0 Å². The van der Waals surface area contributed by atoms with E-state index >= 15 is 0 Å². The highest BCUT2D eigenvalue weighted by atomic mass is 19.1. The monoisotopic (exact) mass is 356 g/mol. The van der Waals surface area contributed by atoms with E-state index in [1.54, 1.807) is 38.4 Å². The number of hydrogen-bond acceptors (Lipinski definition) is 4. The van der Waals surface area contributed by atoms with Gasteiger partial charge in [-0.05, 0) is 44.2 Å². The van der Waals surface area contributed by atoms with Crippen LogP contribution < -0.4 is 15.4 Å². The van der Waals surface area contributed by atoms with Crippen molar-refractivity contribution in [2.24, 2.45) is 0 Å². The summed E-state index contributed by atoms with van der Waals surface area (Å²) in [5.74, 6) is 0.391. The van der Waals surface area contributed by atoms with Crippen LogP contribution in [-0.4, -0.2) is 26.1 Å². The zero-order chi connectivity index (χ0) is 18.8. The molecule has 0 aliphatic carbocycles. The van der Waals surface area contributed by atoms with Gasteiger partial charge in [0.05, 0.1) is 17.4 Å². The van der Waals surface area contributed by atoms with Crippen LogP contribution in [0.5, 0.6) is 5.75 Å². The lowest BCUT2D eigenvalue weighted by molar-refractivity contribution is 0.0964. The number of amides is 1. The largest absolute Gasteiger partial charge is 0.489 e. The standard InChI is InChI=1S/C20H21FN2O3/c1-11(2)25-17-9-14-16(10-15(17)22-3)26-19(18(14)20(24)23-4)12-5-7-13(21)8-6-12/h5-11,22H,1-4H3,(H,23,24). The molecule has 0 atom stereocenters. The van der Waals surface area contributed by atoms with E-state index in [1.807, 2.05) is 13.8 Å². The van der Waals surface area contributed by atoms with Gasteiger partial charge in [-0.25, -0.2) is 4.39 Å². The van der Waals surface area contributed by atoms with Gasteiger partial charge in [0.1, 0.15) is 22.9 Å². The summed E-state index contributed by atoms with van der Waals surface area (Å²) in [4.78, 5) is 12.5. The van der Waals surface area contributed by atoms with E-state index in [-0.39, 0.29) is 17.8 Å². The smallest absolute Gasteiger partial charge is 0.255 e. The second-order valence-corrected chi connectivity index (χ2v) is 6.15. The maximum absolute atomic E-state index is 13.3. The summed E-state index contributed by atoms with van der Waals surface area (Å²) in [6.45, 7) is 3.87. The average molecular weight is 356 g/mol. The number of fused-ring (bicyclic) bond motifs is 1. The number of nitrogens with one attached hydrogen (secondary N) is 2. The first-order chi connectivity index (χ1) is 12.4. The lowest BCUT2D eigenvalue weighted by Crippen LogP contribution is -2.18. The third-order valence-corrected chi connectivity index (χ3v) is 3.98. The zero-order valence-electron chi connectivity index (χ0n) is 15.1. The molecule has 3 rings (SSSR count). The molecule has 136 valence electrons. The molecule has 0 bridgehead atoms. The van der Waals surface area contributed by atoms with Crippen molar-refractivity contribution in [1.29, 1.82) is 0 Å². The second kappa shape index (κ2) is 7.07. The summed E-state index contributed by atoms with van der Waals surface area (Å²) in [5.41, 5.74) is 2.32. The number of carbonyl (C=O) groups is 1. The summed E-state index contributed by atoms with van der Waals surface area (Å²) < 4.78 is 25.1. The van der Waals surface area contributed by atoms with Crippen LogP contribution >= 0.6 is 0 Å². The van der Waals surface area contributed by atoms with Gasteiger partial charge in [-0.15, -0.1) is 0 Å². The van der Waals surface area contributed by atoms with Crippen molar-refractivity contribution in [2.75, 3.05) is 19.4 Å². The highest BCUT2D eigenvalue weighted by Crippen LogP contribution is 2.39. The Labute approximate surface area is 151 Å². The summed E-state index contributed by atoms with van der Waals surface area (Å²) in [6, 6.07) is 9.44. The quantitative estimate of drug-likeness (QED) is 0.710. The lowest BCUT2D eigenvalue weighted by Gasteiger charge is -2.14. The van der Waals surface area contributed by atoms with Gasteiger partial charge in [-0.3, -0.25) is 4.79 Å². The SMILES string of the molecule is CNC(=O)c1c(-c2ccc(F)cc2)oc2cc(NC)c(OC(C)C)cc12. The van der Waals surface area contributed by atoms with E-state index in [9.17, 15) is 9.18 Å². The molecule has 0 saturated carbocycles. The summed E-state index contributed by atoms with van der Waals surface area (Å²) in [7, 11) is 3.35. The molecule has 5 nitrogen and oxygen atoms in total. The van der Waals surface area contributed by atoms with Crippen LogP contribution in [0.15, 0.2) is 40.8 Å². The number of benzene rings is 2. The van der Waals surface area contributed by atoms with Crippen LogP contribution in [0, 0.1) is 5.82 Å². The summed E-state index contributed by atoms with van der Waals surface area (Å²) in [6.07, 6.45) is -0.0218. The van der Waals surface area contributed by atoms with Gasteiger partial charge in [0, 0.05) is 31.1 Å². The van der Waals surface area contributed by atoms with E-state index in [0.717, 1.165) is 5.69 Å². The van der Waals surface area contributed by atoms with Gasteiger partial charge < -0.3 is 19.8 Å². The van der Waals surface area contributed by atoms with Crippen molar-refractivity contribution < 1.29 is 18.3 Å². The molecule has 1 heterocycles. The van der Waals surface area contributed by atoms with E-state index in [0.29, 0.717) is 33.6 Å². The molecule has 26 heavy (non-hydrogen) atoms. The predicted octanol–water partition coefficient (Wildman–Crippen LogP) is 4.43. The maximum atomic E-state index is 13.3. The van der Waals surface area contributed by atoms with Gasteiger partial charge in [-0.1, -0.05) is 0 Å². The molecule has 0 spiro atoms. The number of anilines is 1. The van der Waals surface area contributed by atoms with Crippen molar-refractivity contribution in [1.82, 2.24) is 5.32 Å². The average Bonchev–Trinajstić information content (AvgIpc) is 2.98. The molecule has 3 aromatic rings. The molecular formula is C20H21FN2O3. The Morgan fingerprint density at radius 3 is 2.42 bits per heavy atom. The number of furan rings is 1. The molecule has 0 saturated heterocycles.